The van der Waals surface area contributed by atoms with E-state index in [4.69, 9.17) is 0 Å². The quantitative estimate of drug-likeness (QED) is 0.926. The molecule has 0 saturated carbocycles. The summed E-state index contributed by atoms with van der Waals surface area (Å²) < 4.78 is 1.84. The zero-order valence-corrected chi connectivity index (χ0v) is 12.2. The van der Waals surface area contributed by atoms with Gasteiger partial charge in [0.2, 0.25) is 0 Å². The molecule has 1 N–H and O–H groups in total. The molecule has 20 heavy (non-hydrogen) atoms. The largest absolute Gasteiger partial charge is 0.378 e. The molecule has 1 saturated heterocycles. The molecule has 0 unspecified atom stereocenters. The van der Waals surface area contributed by atoms with Gasteiger partial charge in [0.05, 0.1) is 11.9 Å². The third-order valence-electron chi connectivity index (χ3n) is 4.01. The van der Waals surface area contributed by atoms with Crippen molar-refractivity contribution < 1.29 is 0 Å². The van der Waals surface area contributed by atoms with Crippen LogP contribution in [0.15, 0.2) is 42.7 Å². The van der Waals surface area contributed by atoms with E-state index in [1.165, 1.54) is 12.0 Å². The number of aryl methyl sites for hydroxylation is 1. The number of aromatic nitrogens is 2. The predicted molar refractivity (Wildman–Crippen MR) is 81.5 cm³/mol. The summed E-state index contributed by atoms with van der Waals surface area (Å²) in [4.78, 5) is 2.55. The Kier molecular flexibility index (Phi) is 3.74. The van der Waals surface area contributed by atoms with Crippen LogP contribution in [0, 0.1) is 0 Å². The van der Waals surface area contributed by atoms with Crippen LogP contribution in [0.4, 0.5) is 5.69 Å². The van der Waals surface area contributed by atoms with Crippen molar-refractivity contribution in [2.45, 2.75) is 32.0 Å². The molecule has 2 aromatic rings. The fourth-order valence-corrected chi connectivity index (χ4v) is 2.97. The molecule has 4 heteroatoms. The molecule has 1 fully saturated rings. The summed E-state index contributed by atoms with van der Waals surface area (Å²) in [6.45, 7) is 4.44. The molecule has 1 aromatic carbocycles. The smallest absolute Gasteiger partial charge is 0.0728 e. The Hall–Kier alpha value is -1.81. The van der Waals surface area contributed by atoms with Gasteiger partial charge in [-0.3, -0.25) is 9.58 Å². The predicted octanol–water partition coefficient (Wildman–Crippen LogP) is 2.50. The lowest BCUT2D eigenvalue weighted by atomic mass is 10.2. The molecule has 0 radical (unpaired) electrons. The highest BCUT2D eigenvalue weighted by molar-refractivity contribution is 5.39. The first-order valence-corrected chi connectivity index (χ1v) is 7.24. The summed E-state index contributed by atoms with van der Waals surface area (Å²) in [5.41, 5.74) is 2.51. The molecular formula is C16H22N4. The summed E-state index contributed by atoms with van der Waals surface area (Å²) in [7, 11) is 1.95. The highest BCUT2D eigenvalue weighted by atomic mass is 15.3. The minimum Gasteiger partial charge on any atom is -0.378 e. The third kappa shape index (κ3) is 3.02. The van der Waals surface area contributed by atoms with Crippen LogP contribution in [-0.2, 0) is 13.6 Å². The van der Waals surface area contributed by atoms with Gasteiger partial charge in [-0.1, -0.05) is 30.3 Å². The number of likely N-dealkylation sites (tertiary alicyclic amines) is 1. The van der Waals surface area contributed by atoms with Gasteiger partial charge in [0.15, 0.2) is 0 Å². The van der Waals surface area contributed by atoms with Crippen molar-refractivity contribution in [2.75, 3.05) is 11.9 Å². The Bertz CT molecular complexity index is 549. The average Bonchev–Trinajstić information content (AvgIpc) is 2.98. The van der Waals surface area contributed by atoms with Crippen LogP contribution in [0.1, 0.15) is 18.9 Å². The number of nitrogens with one attached hydrogen (secondary N) is 1. The van der Waals surface area contributed by atoms with Gasteiger partial charge in [0.25, 0.3) is 0 Å². The van der Waals surface area contributed by atoms with Gasteiger partial charge in [-0.2, -0.15) is 5.10 Å². The summed E-state index contributed by atoms with van der Waals surface area (Å²) in [5, 5.41) is 7.79. The Morgan fingerprint density at radius 3 is 2.80 bits per heavy atom. The second-order valence-electron chi connectivity index (χ2n) is 5.74. The molecule has 3 rings (SSSR count). The Morgan fingerprint density at radius 1 is 1.30 bits per heavy atom. The van der Waals surface area contributed by atoms with Gasteiger partial charge < -0.3 is 5.32 Å². The normalized spacial score (nSPS) is 23.1. The fraction of sp³-hybridized carbons (Fsp3) is 0.438. The van der Waals surface area contributed by atoms with Crippen molar-refractivity contribution in [2.24, 2.45) is 7.05 Å². The van der Waals surface area contributed by atoms with E-state index in [1.54, 1.807) is 0 Å². The van der Waals surface area contributed by atoms with Crippen molar-refractivity contribution >= 4 is 5.69 Å². The van der Waals surface area contributed by atoms with Crippen LogP contribution in [0.5, 0.6) is 0 Å². The van der Waals surface area contributed by atoms with Crippen molar-refractivity contribution in [1.29, 1.82) is 0 Å². The van der Waals surface area contributed by atoms with Gasteiger partial charge in [-0.25, -0.2) is 0 Å². The minimum absolute atomic E-state index is 0.512. The number of anilines is 1. The van der Waals surface area contributed by atoms with Crippen LogP contribution >= 0.6 is 0 Å². The van der Waals surface area contributed by atoms with Crippen LogP contribution < -0.4 is 5.32 Å². The molecule has 106 valence electrons. The number of hydrogen-bond acceptors (Lipinski definition) is 3. The first kappa shape index (κ1) is 13.2. The van der Waals surface area contributed by atoms with Gasteiger partial charge in [-0.05, 0) is 18.9 Å². The topological polar surface area (TPSA) is 33.1 Å². The highest BCUT2D eigenvalue weighted by Gasteiger charge is 2.28. The second kappa shape index (κ2) is 5.67. The van der Waals surface area contributed by atoms with E-state index in [0.717, 1.165) is 18.8 Å². The summed E-state index contributed by atoms with van der Waals surface area (Å²) >= 11 is 0. The average molecular weight is 270 g/mol. The van der Waals surface area contributed by atoms with Crippen LogP contribution in [0.3, 0.4) is 0 Å². The van der Waals surface area contributed by atoms with Crippen molar-refractivity contribution in [3.8, 4) is 0 Å². The van der Waals surface area contributed by atoms with Crippen LogP contribution in [-0.4, -0.2) is 33.3 Å². The molecule has 1 aliphatic heterocycles. The van der Waals surface area contributed by atoms with Crippen molar-refractivity contribution in [1.82, 2.24) is 14.7 Å². The van der Waals surface area contributed by atoms with E-state index in [1.807, 2.05) is 24.1 Å². The monoisotopic (exact) mass is 270 g/mol. The van der Waals surface area contributed by atoms with E-state index in [2.05, 4.69) is 52.6 Å². The molecular weight excluding hydrogens is 248 g/mol. The lowest BCUT2D eigenvalue weighted by molar-refractivity contribution is 0.259. The van der Waals surface area contributed by atoms with Gasteiger partial charge >= 0.3 is 0 Å². The fourth-order valence-electron chi connectivity index (χ4n) is 2.97. The Morgan fingerprint density at radius 2 is 2.10 bits per heavy atom. The second-order valence-corrected chi connectivity index (χ2v) is 5.74. The summed E-state index contributed by atoms with van der Waals surface area (Å²) in [5.74, 6) is 0. The Balaban J connectivity index is 1.59. The van der Waals surface area contributed by atoms with Crippen molar-refractivity contribution in [3.05, 3.63) is 48.3 Å². The molecule has 0 bridgehead atoms. The molecule has 2 atom stereocenters. The standard InChI is InChI=1S/C16H22N4/c1-13-8-15(18-16-9-17-19(2)11-16)12-20(13)10-14-6-4-3-5-7-14/h3-7,9,11,13,15,18H,8,10,12H2,1-2H3/t13-,15-/m0/s1. The van der Waals surface area contributed by atoms with Gasteiger partial charge in [-0.15, -0.1) is 0 Å². The van der Waals surface area contributed by atoms with Gasteiger partial charge in [0, 0.05) is 38.4 Å². The molecule has 0 aliphatic carbocycles. The molecule has 0 amide bonds. The number of nitrogens with zero attached hydrogens (tertiary/aromatic N) is 3. The molecule has 4 nitrogen and oxygen atoms in total. The summed E-state index contributed by atoms with van der Waals surface area (Å²) in [6, 6.07) is 11.8. The zero-order chi connectivity index (χ0) is 13.9. The van der Waals surface area contributed by atoms with E-state index >= 15 is 0 Å². The first-order valence-electron chi connectivity index (χ1n) is 7.24. The van der Waals surface area contributed by atoms with E-state index in [9.17, 15) is 0 Å². The van der Waals surface area contributed by atoms with E-state index < -0.39 is 0 Å². The SMILES string of the molecule is C[C@H]1C[C@H](Nc2cnn(C)c2)CN1Cc1ccccc1. The maximum Gasteiger partial charge on any atom is 0.0728 e. The molecule has 1 aliphatic rings. The molecule has 2 heterocycles. The van der Waals surface area contributed by atoms with Crippen LogP contribution in [0.2, 0.25) is 0 Å². The number of rotatable bonds is 4. The van der Waals surface area contributed by atoms with Crippen LogP contribution in [0.25, 0.3) is 0 Å². The Labute approximate surface area is 120 Å². The number of benzene rings is 1. The lowest BCUT2D eigenvalue weighted by Crippen LogP contribution is -2.28. The van der Waals surface area contributed by atoms with Crippen molar-refractivity contribution in [3.63, 3.8) is 0 Å². The number of hydrogen-bond donors (Lipinski definition) is 1. The third-order valence-corrected chi connectivity index (χ3v) is 4.01. The molecule has 1 aromatic heterocycles. The molecule has 0 spiro atoms. The van der Waals surface area contributed by atoms with Gasteiger partial charge in [0.1, 0.15) is 0 Å². The minimum atomic E-state index is 0.512. The van der Waals surface area contributed by atoms with E-state index in [0.29, 0.717) is 12.1 Å². The first-order chi connectivity index (χ1) is 9.70. The highest BCUT2D eigenvalue weighted by Crippen LogP contribution is 2.22. The summed E-state index contributed by atoms with van der Waals surface area (Å²) in [6.07, 6.45) is 5.11. The lowest BCUT2D eigenvalue weighted by Gasteiger charge is -2.20. The maximum atomic E-state index is 4.21. The van der Waals surface area contributed by atoms with E-state index in [-0.39, 0.29) is 0 Å². The maximum absolute atomic E-state index is 4.21. The zero-order valence-electron chi connectivity index (χ0n) is 12.2.